The van der Waals surface area contributed by atoms with E-state index < -0.39 is 11.7 Å². The summed E-state index contributed by atoms with van der Waals surface area (Å²) in [5.41, 5.74) is 1.41. The molecule has 5 rings (SSSR count). The number of ether oxygens (including phenoxy) is 1. The lowest BCUT2D eigenvalue weighted by Crippen LogP contribution is -2.43. The van der Waals surface area contributed by atoms with E-state index in [0.717, 1.165) is 51.4 Å². The highest BCUT2D eigenvalue weighted by molar-refractivity contribution is 6.02. The lowest BCUT2D eigenvalue weighted by Gasteiger charge is -2.26. The van der Waals surface area contributed by atoms with Crippen LogP contribution in [0.1, 0.15) is 35.4 Å². The number of nitrogens with one attached hydrogen (secondary N) is 2. The number of amides is 1. The number of carbonyl (C=O) groups is 1. The van der Waals surface area contributed by atoms with Gasteiger partial charge in [0.1, 0.15) is 11.5 Å². The van der Waals surface area contributed by atoms with Crippen LogP contribution in [0.3, 0.4) is 0 Å². The number of pyridine rings is 1. The molecule has 9 nitrogen and oxygen atoms in total. The van der Waals surface area contributed by atoms with Gasteiger partial charge in [-0.05, 0) is 26.2 Å². The summed E-state index contributed by atoms with van der Waals surface area (Å²) in [7, 11) is 0. The quantitative estimate of drug-likeness (QED) is 0.629. The van der Waals surface area contributed by atoms with Crippen LogP contribution in [0, 0.1) is 12.7 Å². The van der Waals surface area contributed by atoms with Gasteiger partial charge in [-0.15, -0.1) is 0 Å². The van der Waals surface area contributed by atoms with E-state index in [1.807, 2.05) is 0 Å². The molecule has 2 aliphatic rings. The van der Waals surface area contributed by atoms with Gasteiger partial charge in [0.2, 0.25) is 0 Å². The van der Waals surface area contributed by atoms with Crippen molar-refractivity contribution < 1.29 is 13.9 Å². The molecule has 1 unspecified atom stereocenters. The zero-order valence-electron chi connectivity index (χ0n) is 17.9. The zero-order valence-corrected chi connectivity index (χ0v) is 17.9. The molecule has 5 heterocycles. The fraction of sp³-hybridized carbons (Fsp3) is 0.455. The third-order valence-corrected chi connectivity index (χ3v) is 5.96. The van der Waals surface area contributed by atoms with Crippen LogP contribution in [-0.4, -0.2) is 63.6 Å². The van der Waals surface area contributed by atoms with E-state index in [-0.39, 0.29) is 11.3 Å². The largest absolute Gasteiger partial charge is 0.381 e. The number of halogens is 1. The molecule has 1 atom stereocenters. The van der Waals surface area contributed by atoms with E-state index in [9.17, 15) is 9.18 Å². The third-order valence-electron chi connectivity index (χ3n) is 5.96. The molecule has 2 aliphatic heterocycles. The van der Waals surface area contributed by atoms with Crippen molar-refractivity contribution in [2.45, 2.75) is 38.3 Å². The van der Waals surface area contributed by atoms with Crippen LogP contribution in [-0.2, 0) is 4.74 Å². The monoisotopic (exact) mass is 439 g/mol. The Morgan fingerprint density at radius 2 is 2.00 bits per heavy atom. The first-order valence-electron chi connectivity index (χ1n) is 10.9. The van der Waals surface area contributed by atoms with Crippen molar-refractivity contribution in [1.82, 2.24) is 24.7 Å². The molecule has 32 heavy (non-hydrogen) atoms. The molecule has 0 spiro atoms. The average molecular weight is 439 g/mol. The fourth-order valence-electron chi connectivity index (χ4n) is 4.35. The molecule has 2 N–H and O–H groups in total. The Morgan fingerprint density at radius 3 is 2.78 bits per heavy atom. The van der Waals surface area contributed by atoms with Gasteiger partial charge in [0.25, 0.3) is 5.91 Å². The fourth-order valence-corrected chi connectivity index (χ4v) is 4.35. The van der Waals surface area contributed by atoms with Crippen LogP contribution in [0.4, 0.5) is 15.9 Å². The molecule has 10 heteroatoms. The number of rotatable bonds is 5. The minimum Gasteiger partial charge on any atom is -0.381 e. The summed E-state index contributed by atoms with van der Waals surface area (Å²) in [6.45, 7) is 5.19. The van der Waals surface area contributed by atoms with Gasteiger partial charge in [-0.2, -0.15) is 0 Å². The Labute approximate surface area is 185 Å². The van der Waals surface area contributed by atoms with E-state index in [4.69, 9.17) is 4.74 Å². The first-order chi connectivity index (χ1) is 15.5. The molecular weight excluding hydrogens is 413 g/mol. The number of fused-ring (bicyclic) bond motifs is 1. The second-order valence-electron chi connectivity index (χ2n) is 8.39. The minimum absolute atomic E-state index is 0.173. The molecular formula is C22H26FN7O2. The molecule has 0 saturated carbocycles. The summed E-state index contributed by atoms with van der Waals surface area (Å²) in [4.78, 5) is 27.6. The number of anilines is 2. The molecule has 0 radical (unpaired) electrons. The summed E-state index contributed by atoms with van der Waals surface area (Å²) < 4.78 is 21.2. The Kier molecular flexibility index (Phi) is 5.71. The molecule has 0 aliphatic carbocycles. The van der Waals surface area contributed by atoms with Gasteiger partial charge >= 0.3 is 0 Å². The topological polar surface area (TPSA) is 96.7 Å². The number of hydrogen-bond donors (Lipinski definition) is 2. The Bertz CT molecular complexity index is 1110. The lowest BCUT2D eigenvalue weighted by molar-refractivity contribution is 0.0755. The minimum atomic E-state index is -0.504. The zero-order chi connectivity index (χ0) is 22.1. The summed E-state index contributed by atoms with van der Waals surface area (Å²) in [5, 5.41) is 6.40. The van der Waals surface area contributed by atoms with Crippen LogP contribution in [0.25, 0.3) is 5.65 Å². The van der Waals surface area contributed by atoms with Crippen molar-refractivity contribution in [3.8, 4) is 0 Å². The van der Waals surface area contributed by atoms with E-state index >= 15 is 0 Å². The van der Waals surface area contributed by atoms with Crippen molar-refractivity contribution >= 4 is 23.1 Å². The Hall–Kier alpha value is -3.11. The van der Waals surface area contributed by atoms with E-state index in [1.54, 1.807) is 29.9 Å². The highest BCUT2D eigenvalue weighted by Gasteiger charge is 2.26. The van der Waals surface area contributed by atoms with Crippen molar-refractivity contribution in [3.05, 3.63) is 48.1 Å². The van der Waals surface area contributed by atoms with E-state index in [2.05, 4.69) is 30.5 Å². The maximum Gasteiger partial charge on any atom is 0.275 e. The van der Waals surface area contributed by atoms with Crippen LogP contribution in [0.5, 0.6) is 0 Å². The standard InChI is InChI=1S/C22H26FN7O2/c1-14-11-30-13-17(8-18(23)21(30)26-14)28-22(31)19-9-25-20(10-24-19)29-5-2-16(12-29)27-15-3-6-32-7-4-15/h8-11,13,15-16,27H,2-7,12H2,1H3,(H,28,31). The predicted octanol–water partition coefficient (Wildman–Crippen LogP) is 2.17. The van der Waals surface area contributed by atoms with Crippen LogP contribution >= 0.6 is 0 Å². The summed E-state index contributed by atoms with van der Waals surface area (Å²) in [6, 6.07) is 2.18. The van der Waals surface area contributed by atoms with Gasteiger partial charge in [-0.25, -0.2) is 19.3 Å². The molecule has 1 amide bonds. The molecule has 2 saturated heterocycles. The first kappa shape index (κ1) is 20.8. The maximum absolute atomic E-state index is 14.2. The molecule has 3 aromatic heterocycles. The Balaban J connectivity index is 1.20. The van der Waals surface area contributed by atoms with E-state index in [1.165, 1.54) is 12.3 Å². The second-order valence-corrected chi connectivity index (χ2v) is 8.39. The lowest BCUT2D eigenvalue weighted by atomic mass is 10.1. The third kappa shape index (κ3) is 4.42. The molecule has 168 valence electrons. The van der Waals surface area contributed by atoms with Crippen molar-refractivity contribution in [2.75, 3.05) is 36.5 Å². The van der Waals surface area contributed by atoms with Crippen molar-refractivity contribution in [3.63, 3.8) is 0 Å². The highest BCUT2D eigenvalue weighted by Crippen LogP contribution is 2.20. The Morgan fingerprint density at radius 1 is 1.16 bits per heavy atom. The maximum atomic E-state index is 14.2. The van der Waals surface area contributed by atoms with Crippen molar-refractivity contribution in [1.29, 1.82) is 0 Å². The first-order valence-corrected chi connectivity index (χ1v) is 10.9. The van der Waals surface area contributed by atoms with Crippen LogP contribution in [0.15, 0.2) is 30.9 Å². The van der Waals surface area contributed by atoms with Crippen LogP contribution < -0.4 is 15.5 Å². The number of nitrogens with zero attached hydrogens (tertiary/aromatic N) is 5. The predicted molar refractivity (Wildman–Crippen MR) is 117 cm³/mol. The number of imidazole rings is 1. The molecule has 3 aromatic rings. The van der Waals surface area contributed by atoms with Crippen LogP contribution in [0.2, 0.25) is 0 Å². The number of aryl methyl sites for hydroxylation is 1. The van der Waals surface area contributed by atoms with Gasteiger partial charge in [0, 0.05) is 56.8 Å². The van der Waals surface area contributed by atoms with Crippen molar-refractivity contribution in [2.24, 2.45) is 0 Å². The normalized spacial score (nSPS) is 19.6. The molecule has 0 aromatic carbocycles. The summed E-state index contributed by atoms with van der Waals surface area (Å²) in [6.07, 6.45) is 9.55. The SMILES string of the molecule is Cc1cn2cc(NC(=O)c3cnc(N4CCC(NC5CCOCC5)C4)cn3)cc(F)c2n1. The van der Waals surface area contributed by atoms with Gasteiger partial charge < -0.3 is 24.7 Å². The molecule has 0 bridgehead atoms. The number of carbonyl (C=O) groups excluding carboxylic acids is 1. The summed E-state index contributed by atoms with van der Waals surface area (Å²) >= 11 is 0. The van der Waals surface area contributed by atoms with Gasteiger partial charge in [-0.1, -0.05) is 0 Å². The smallest absolute Gasteiger partial charge is 0.275 e. The van der Waals surface area contributed by atoms with Gasteiger partial charge in [-0.3, -0.25) is 4.79 Å². The molecule has 2 fully saturated rings. The summed E-state index contributed by atoms with van der Waals surface area (Å²) in [5.74, 6) is -0.199. The number of hydrogen-bond acceptors (Lipinski definition) is 7. The second kappa shape index (κ2) is 8.79. The van der Waals surface area contributed by atoms with Gasteiger partial charge in [0.05, 0.1) is 23.8 Å². The number of aromatic nitrogens is 4. The highest BCUT2D eigenvalue weighted by atomic mass is 19.1. The van der Waals surface area contributed by atoms with E-state index in [0.29, 0.717) is 23.5 Å². The average Bonchev–Trinajstić information content (AvgIpc) is 3.41. The van der Waals surface area contributed by atoms with Gasteiger partial charge in [0.15, 0.2) is 11.5 Å².